The Balaban J connectivity index is 1.89. The lowest BCUT2D eigenvalue weighted by molar-refractivity contribution is 0.312. The SMILES string of the molecule is Cc1ncsc1CCOc1ncccc1N. The third-order valence-corrected chi connectivity index (χ3v) is 3.21. The molecule has 2 N–H and O–H groups in total. The van der Waals surface area contributed by atoms with Gasteiger partial charge in [0.05, 0.1) is 23.5 Å². The number of thiazole rings is 1. The Hall–Kier alpha value is -1.62. The van der Waals surface area contributed by atoms with E-state index in [1.807, 2.05) is 12.4 Å². The summed E-state index contributed by atoms with van der Waals surface area (Å²) in [6, 6.07) is 3.57. The summed E-state index contributed by atoms with van der Waals surface area (Å²) in [7, 11) is 0. The molecule has 0 radical (unpaired) electrons. The number of nitrogens with two attached hydrogens (primary N) is 1. The lowest BCUT2D eigenvalue weighted by Crippen LogP contribution is -2.04. The van der Waals surface area contributed by atoms with Gasteiger partial charge in [0.25, 0.3) is 0 Å². The molecule has 84 valence electrons. The number of rotatable bonds is 4. The van der Waals surface area contributed by atoms with Crippen LogP contribution in [0.15, 0.2) is 23.8 Å². The quantitative estimate of drug-likeness (QED) is 0.881. The molecular formula is C11H13N3OS. The molecule has 2 rings (SSSR count). The molecule has 0 saturated heterocycles. The predicted molar refractivity (Wildman–Crippen MR) is 64.7 cm³/mol. The van der Waals surface area contributed by atoms with Crippen molar-refractivity contribution in [2.24, 2.45) is 0 Å². The third kappa shape index (κ3) is 2.49. The van der Waals surface area contributed by atoms with Gasteiger partial charge in [-0.15, -0.1) is 11.3 Å². The van der Waals surface area contributed by atoms with Crippen molar-refractivity contribution < 1.29 is 4.74 Å². The topological polar surface area (TPSA) is 61.0 Å². The van der Waals surface area contributed by atoms with E-state index in [0.29, 0.717) is 18.2 Å². The fraction of sp³-hybridized carbons (Fsp3) is 0.273. The van der Waals surface area contributed by atoms with Gasteiger partial charge >= 0.3 is 0 Å². The monoisotopic (exact) mass is 235 g/mol. The Morgan fingerprint density at radius 2 is 2.31 bits per heavy atom. The molecule has 0 aliphatic heterocycles. The first-order valence-corrected chi connectivity index (χ1v) is 5.87. The molecule has 0 amide bonds. The number of ether oxygens (including phenoxy) is 1. The zero-order valence-corrected chi connectivity index (χ0v) is 9.83. The summed E-state index contributed by atoms with van der Waals surface area (Å²) in [4.78, 5) is 9.49. The van der Waals surface area contributed by atoms with Crippen LogP contribution in [0.4, 0.5) is 5.69 Å². The van der Waals surface area contributed by atoms with Crippen molar-refractivity contribution in [1.82, 2.24) is 9.97 Å². The Kier molecular flexibility index (Phi) is 3.36. The molecule has 0 bridgehead atoms. The van der Waals surface area contributed by atoms with Gasteiger partial charge in [0.15, 0.2) is 0 Å². The maximum Gasteiger partial charge on any atom is 0.237 e. The second-order valence-corrected chi connectivity index (χ2v) is 4.30. The van der Waals surface area contributed by atoms with E-state index in [-0.39, 0.29) is 0 Å². The second kappa shape index (κ2) is 4.94. The van der Waals surface area contributed by atoms with Crippen LogP contribution in [0.3, 0.4) is 0 Å². The van der Waals surface area contributed by atoms with E-state index in [2.05, 4.69) is 9.97 Å². The summed E-state index contributed by atoms with van der Waals surface area (Å²) < 4.78 is 5.51. The molecular weight excluding hydrogens is 222 g/mol. The van der Waals surface area contributed by atoms with Gasteiger partial charge in [0.1, 0.15) is 0 Å². The van der Waals surface area contributed by atoms with Crippen LogP contribution in [0, 0.1) is 6.92 Å². The van der Waals surface area contributed by atoms with E-state index in [0.717, 1.165) is 12.1 Å². The van der Waals surface area contributed by atoms with Crippen LogP contribution in [-0.2, 0) is 6.42 Å². The highest BCUT2D eigenvalue weighted by Gasteiger charge is 2.03. The average Bonchev–Trinajstić information content (AvgIpc) is 2.67. The molecule has 2 aromatic heterocycles. The highest BCUT2D eigenvalue weighted by molar-refractivity contribution is 7.09. The van der Waals surface area contributed by atoms with Gasteiger partial charge in [-0.25, -0.2) is 9.97 Å². The van der Waals surface area contributed by atoms with Crippen LogP contribution in [0.5, 0.6) is 5.88 Å². The maximum atomic E-state index is 5.71. The fourth-order valence-corrected chi connectivity index (χ4v) is 2.09. The number of nitrogen functional groups attached to an aromatic ring is 1. The molecule has 0 aliphatic rings. The lowest BCUT2D eigenvalue weighted by Gasteiger charge is -2.06. The van der Waals surface area contributed by atoms with Gasteiger partial charge in [0.2, 0.25) is 5.88 Å². The average molecular weight is 235 g/mol. The first-order valence-electron chi connectivity index (χ1n) is 4.99. The maximum absolute atomic E-state index is 5.71. The number of hydrogen-bond donors (Lipinski definition) is 1. The molecule has 0 fully saturated rings. The van der Waals surface area contributed by atoms with Crippen LogP contribution in [0.1, 0.15) is 10.6 Å². The molecule has 0 atom stereocenters. The Labute approximate surface area is 98.1 Å². The van der Waals surface area contributed by atoms with E-state index >= 15 is 0 Å². The summed E-state index contributed by atoms with van der Waals surface area (Å²) in [5, 5.41) is 0. The van der Waals surface area contributed by atoms with Crippen LogP contribution in [0.25, 0.3) is 0 Å². The molecule has 0 unspecified atom stereocenters. The van der Waals surface area contributed by atoms with E-state index in [4.69, 9.17) is 10.5 Å². The minimum absolute atomic E-state index is 0.504. The van der Waals surface area contributed by atoms with E-state index in [9.17, 15) is 0 Å². The zero-order chi connectivity index (χ0) is 11.4. The van der Waals surface area contributed by atoms with Crippen molar-refractivity contribution in [2.75, 3.05) is 12.3 Å². The number of pyridine rings is 1. The normalized spacial score (nSPS) is 10.3. The minimum atomic E-state index is 0.504. The van der Waals surface area contributed by atoms with E-state index in [1.165, 1.54) is 4.88 Å². The van der Waals surface area contributed by atoms with E-state index < -0.39 is 0 Å². The number of aromatic nitrogens is 2. The highest BCUT2D eigenvalue weighted by Crippen LogP contribution is 2.17. The Bertz CT molecular complexity index is 470. The van der Waals surface area contributed by atoms with Crippen LogP contribution in [-0.4, -0.2) is 16.6 Å². The Morgan fingerprint density at radius 3 is 3.00 bits per heavy atom. The van der Waals surface area contributed by atoms with Gasteiger partial charge in [-0.1, -0.05) is 0 Å². The molecule has 0 saturated carbocycles. The van der Waals surface area contributed by atoms with Crippen LogP contribution < -0.4 is 10.5 Å². The number of anilines is 1. The first kappa shape index (κ1) is 10.9. The van der Waals surface area contributed by atoms with Gasteiger partial charge in [-0.05, 0) is 19.1 Å². The minimum Gasteiger partial charge on any atom is -0.476 e. The molecule has 4 nitrogen and oxygen atoms in total. The van der Waals surface area contributed by atoms with Gasteiger partial charge in [0, 0.05) is 17.5 Å². The molecule has 5 heteroatoms. The van der Waals surface area contributed by atoms with Crippen LogP contribution in [0.2, 0.25) is 0 Å². The van der Waals surface area contributed by atoms with Gasteiger partial charge < -0.3 is 10.5 Å². The molecule has 16 heavy (non-hydrogen) atoms. The summed E-state index contributed by atoms with van der Waals surface area (Å²) in [5.74, 6) is 0.504. The van der Waals surface area contributed by atoms with Gasteiger partial charge in [-0.2, -0.15) is 0 Å². The molecule has 2 heterocycles. The number of aryl methyl sites for hydroxylation is 1. The van der Waals surface area contributed by atoms with Gasteiger partial charge in [-0.3, -0.25) is 0 Å². The first-order chi connectivity index (χ1) is 7.77. The summed E-state index contributed by atoms with van der Waals surface area (Å²) >= 11 is 1.65. The standard InChI is InChI=1S/C11H13N3OS/c1-8-10(16-7-14-8)4-6-15-11-9(12)3-2-5-13-11/h2-3,5,7H,4,6,12H2,1H3. The Morgan fingerprint density at radius 1 is 1.44 bits per heavy atom. The smallest absolute Gasteiger partial charge is 0.237 e. The summed E-state index contributed by atoms with van der Waals surface area (Å²) in [6.45, 7) is 2.57. The van der Waals surface area contributed by atoms with Crippen molar-refractivity contribution in [2.45, 2.75) is 13.3 Å². The van der Waals surface area contributed by atoms with Crippen molar-refractivity contribution >= 4 is 17.0 Å². The molecule has 0 aromatic carbocycles. The van der Waals surface area contributed by atoms with Crippen LogP contribution >= 0.6 is 11.3 Å². The largest absolute Gasteiger partial charge is 0.476 e. The third-order valence-electron chi connectivity index (χ3n) is 2.21. The molecule has 0 spiro atoms. The predicted octanol–water partition coefficient (Wildman–Crippen LogP) is 2.05. The molecule has 0 aliphatic carbocycles. The zero-order valence-electron chi connectivity index (χ0n) is 9.01. The molecule has 2 aromatic rings. The van der Waals surface area contributed by atoms with Crippen molar-refractivity contribution in [3.63, 3.8) is 0 Å². The summed E-state index contributed by atoms with van der Waals surface area (Å²) in [6.07, 6.45) is 2.51. The highest BCUT2D eigenvalue weighted by atomic mass is 32.1. The van der Waals surface area contributed by atoms with Crippen molar-refractivity contribution in [3.8, 4) is 5.88 Å². The number of nitrogens with zero attached hydrogens (tertiary/aromatic N) is 2. The lowest BCUT2D eigenvalue weighted by atomic mass is 10.3. The van der Waals surface area contributed by atoms with Crippen molar-refractivity contribution in [1.29, 1.82) is 0 Å². The number of hydrogen-bond acceptors (Lipinski definition) is 5. The van der Waals surface area contributed by atoms with Crippen molar-refractivity contribution in [3.05, 3.63) is 34.4 Å². The summed E-state index contributed by atoms with van der Waals surface area (Å²) in [5.41, 5.74) is 9.20. The second-order valence-electron chi connectivity index (χ2n) is 3.36. The fourth-order valence-electron chi connectivity index (χ4n) is 1.33. The van der Waals surface area contributed by atoms with E-state index in [1.54, 1.807) is 29.7 Å².